The Labute approximate surface area is 188 Å². The zero-order chi connectivity index (χ0) is 22.2. The molecule has 164 valence electrons. The molecule has 1 unspecified atom stereocenters. The van der Waals surface area contributed by atoms with E-state index in [0.717, 1.165) is 11.3 Å². The zero-order valence-corrected chi connectivity index (χ0v) is 18.3. The maximum Gasteiger partial charge on any atom is 0.326 e. The topological polar surface area (TPSA) is 116 Å². The number of rotatable bonds is 10. The molecule has 9 heteroatoms. The van der Waals surface area contributed by atoms with E-state index in [1.54, 1.807) is 23.9 Å². The first kappa shape index (κ1) is 22.9. The number of carboxylic acid groups (broad SMARTS) is 1. The third-order valence-electron chi connectivity index (χ3n) is 4.82. The van der Waals surface area contributed by atoms with Crippen molar-refractivity contribution in [3.63, 3.8) is 0 Å². The summed E-state index contributed by atoms with van der Waals surface area (Å²) in [6.45, 7) is 0. The average molecular weight is 461 g/mol. The van der Waals surface area contributed by atoms with Gasteiger partial charge in [-0.2, -0.15) is 0 Å². The SMILES string of the molecule is O=C(Cc1cccs1)N[C@@H](CC1CC=CS1)C(=O)N[C@@H](Cc1ccc(O)cc1)C(=O)O. The van der Waals surface area contributed by atoms with Crippen LogP contribution < -0.4 is 10.6 Å². The van der Waals surface area contributed by atoms with Crippen molar-refractivity contribution < 1.29 is 24.6 Å². The molecule has 1 aromatic heterocycles. The number of aromatic hydroxyl groups is 1. The lowest BCUT2D eigenvalue weighted by atomic mass is 10.0. The molecular weight excluding hydrogens is 436 g/mol. The van der Waals surface area contributed by atoms with Crippen LogP contribution in [0, 0.1) is 0 Å². The molecule has 0 radical (unpaired) electrons. The summed E-state index contributed by atoms with van der Waals surface area (Å²) in [6.07, 6.45) is 3.46. The van der Waals surface area contributed by atoms with Crippen LogP contribution in [0.25, 0.3) is 0 Å². The molecule has 31 heavy (non-hydrogen) atoms. The number of thiophene rings is 1. The van der Waals surface area contributed by atoms with Crippen LogP contribution in [-0.2, 0) is 27.2 Å². The highest BCUT2D eigenvalue weighted by Gasteiger charge is 2.29. The van der Waals surface area contributed by atoms with E-state index in [4.69, 9.17) is 0 Å². The van der Waals surface area contributed by atoms with Gasteiger partial charge in [0.05, 0.1) is 6.42 Å². The van der Waals surface area contributed by atoms with Crippen LogP contribution in [-0.4, -0.2) is 45.3 Å². The number of nitrogens with one attached hydrogen (secondary N) is 2. The Morgan fingerprint density at radius 3 is 2.48 bits per heavy atom. The fourth-order valence-corrected chi connectivity index (χ4v) is 4.91. The Balaban J connectivity index is 1.66. The zero-order valence-electron chi connectivity index (χ0n) is 16.7. The third kappa shape index (κ3) is 7.15. The van der Waals surface area contributed by atoms with Crippen LogP contribution >= 0.6 is 23.1 Å². The molecule has 0 aliphatic carbocycles. The van der Waals surface area contributed by atoms with Crippen molar-refractivity contribution in [3.05, 3.63) is 63.7 Å². The van der Waals surface area contributed by atoms with Crippen molar-refractivity contribution in [3.8, 4) is 5.75 Å². The number of carbonyl (C=O) groups is 3. The van der Waals surface area contributed by atoms with Crippen LogP contribution in [0.5, 0.6) is 5.75 Å². The summed E-state index contributed by atoms with van der Waals surface area (Å²) in [4.78, 5) is 38.1. The molecule has 3 rings (SSSR count). The molecular formula is C22H24N2O5S2. The number of hydrogen-bond acceptors (Lipinski definition) is 6. The minimum atomic E-state index is -1.16. The summed E-state index contributed by atoms with van der Waals surface area (Å²) >= 11 is 3.07. The van der Waals surface area contributed by atoms with E-state index in [2.05, 4.69) is 10.6 Å². The maximum absolute atomic E-state index is 13.0. The normalized spacial score (nSPS) is 17.1. The number of amides is 2. The monoisotopic (exact) mass is 460 g/mol. The average Bonchev–Trinajstić information content (AvgIpc) is 3.42. The molecule has 0 spiro atoms. The maximum atomic E-state index is 13.0. The highest BCUT2D eigenvalue weighted by atomic mass is 32.2. The summed E-state index contributed by atoms with van der Waals surface area (Å²) in [5.41, 5.74) is 0.666. The van der Waals surface area contributed by atoms with E-state index in [1.165, 1.54) is 23.5 Å². The molecule has 0 fully saturated rings. The number of hydrogen-bond donors (Lipinski definition) is 4. The Morgan fingerprint density at radius 1 is 1.10 bits per heavy atom. The molecule has 2 aromatic rings. The van der Waals surface area contributed by atoms with Crippen LogP contribution in [0.4, 0.5) is 0 Å². The van der Waals surface area contributed by atoms with E-state index in [9.17, 15) is 24.6 Å². The molecule has 1 aliphatic heterocycles. The Kier molecular flexibility index (Phi) is 8.13. The molecule has 0 saturated heterocycles. The summed E-state index contributed by atoms with van der Waals surface area (Å²) in [7, 11) is 0. The van der Waals surface area contributed by atoms with Gasteiger partial charge < -0.3 is 20.8 Å². The first-order valence-corrected chi connectivity index (χ1v) is 11.7. The summed E-state index contributed by atoms with van der Waals surface area (Å²) in [5, 5.41) is 28.4. The van der Waals surface area contributed by atoms with Gasteiger partial charge in [0.15, 0.2) is 0 Å². The number of phenols is 1. The number of thioether (sulfide) groups is 1. The summed E-state index contributed by atoms with van der Waals surface area (Å²) < 4.78 is 0. The van der Waals surface area contributed by atoms with Crippen LogP contribution in [0.15, 0.2) is 53.3 Å². The van der Waals surface area contributed by atoms with Gasteiger partial charge in [-0.05, 0) is 47.4 Å². The number of benzene rings is 1. The second-order valence-electron chi connectivity index (χ2n) is 7.25. The van der Waals surface area contributed by atoms with Crippen molar-refractivity contribution in [1.29, 1.82) is 0 Å². The fourth-order valence-electron chi connectivity index (χ4n) is 3.23. The number of carboxylic acids is 1. The number of allylic oxidation sites excluding steroid dienone is 1. The van der Waals surface area contributed by atoms with Crippen molar-refractivity contribution in [2.75, 3.05) is 0 Å². The molecule has 2 amide bonds. The summed E-state index contributed by atoms with van der Waals surface area (Å²) in [6, 6.07) is 7.89. The predicted octanol–water partition coefficient (Wildman–Crippen LogP) is 2.70. The van der Waals surface area contributed by atoms with Crippen LogP contribution in [0.3, 0.4) is 0 Å². The highest BCUT2D eigenvalue weighted by Crippen LogP contribution is 2.28. The molecule has 4 N–H and O–H groups in total. The number of aliphatic carboxylic acids is 1. The smallest absolute Gasteiger partial charge is 0.326 e. The quantitative estimate of drug-likeness (QED) is 0.433. The Bertz CT molecular complexity index is 920. The number of phenolic OH excluding ortho intramolecular Hbond substituents is 1. The van der Waals surface area contributed by atoms with Gasteiger partial charge in [-0.15, -0.1) is 23.1 Å². The van der Waals surface area contributed by atoms with Gasteiger partial charge in [0.2, 0.25) is 11.8 Å². The molecule has 3 atom stereocenters. The first-order chi connectivity index (χ1) is 14.9. The van der Waals surface area contributed by atoms with Gasteiger partial charge in [-0.1, -0.05) is 24.3 Å². The second kappa shape index (κ2) is 11.0. The third-order valence-corrected chi connectivity index (χ3v) is 6.82. The van der Waals surface area contributed by atoms with E-state index in [1.807, 2.05) is 29.0 Å². The Hall–Kier alpha value is -2.78. The van der Waals surface area contributed by atoms with Crippen molar-refractivity contribution in [2.24, 2.45) is 0 Å². The number of carbonyl (C=O) groups excluding carboxylic acids is 2. The van der Waals surface area contributed by atoms with Gasteiger partial charge in [0.25, 0.3) is 0 Å². The van der Waals surface area contributed by atoms with Crippen molar-refractivity contribution in [1.82, 2.24) is 10.6 Å². The second-order valence-corrected chi connectivity index (χ2v) is 9.49. The van der Waals surface area contributed by atoms with E-state index in [-0.39, 0.29) is 29.7 Å². The lowest BCUT2D eigenvalue weighted by Crippen LogP contribution is -2.53. The van der Waals surface area contributed by atoms with E-state index >= 15 is 0 Å². The minimum Gasteiger partial charge on any atom is -0.508 e. The van der Waals surface area contributed by atoms with E-state index < -0.39 is 24.0 Å². The minimum absolute atomic E-state index is 0.0664. The Morgan fingerprint density at radius 2 is 1.87 bits per heavy atom. The van der Waals surface area contributed by atoms with Crippen molar-refractivity contribution in [2.45, 2.75) is 43.0 Å². The molecule has 1 aliphatic rings. The molecule has 7 nitrogen and oxygen atoms in total. The standard InChI is InChI=1S/C22H24N2O5S2/c25-15-7-5-14(6-8-15)11-19(22(28)29)24-21(27)18(12-16-3-1-9-30-16)23-20(26)13-17-4-2-10-31-17/h1-2,4-10,16,18-19,25H,3,11-13H2,(H,23,26)(H,24,27)(H,28,29)/t16?,18-,19-/m0/s1. The van der Waals surface area contributed by atoms with Gasteiger partial charge in [0.1, 0.15) is 17.8 Å². The van der Waals surface area contributed by atoms with Crippen LogP contribution in [0.2, 0.25) is 0 Å². The first-order valence-electron chi connectivity index (χ1n) is 9.84. The summed E-state index contributed by atoms with van der Waals surface area (Å²) in [5.74, 6) is -1.87. The van der Waals surface area contributed by atoms with Gasteiger partial charge in [-0.3, -0.25) is 9.59 Å². The van der Waals surface area contributed by atoms with Gasteiger partial charge in [-0.25, -0.2) is 4.79 Å². The molecule has 2 heterocycles. The molecule has 0 bridgehead atoms. The largest absolute Gasteiger partial charge is 0.508 e. The molecule has 1 aromatic carbocycles. The predicted molar refractivity (Wildman–Crippen MR) is 121 cm³/mol. The lowest BCUT2D eigenvalue weighted by Gasteiger charge is -2.23. The highest BCUT2D eigenvalue weighted by molar-refractivity contribution is 8.03. The van der Waals surface area contributed by atoms with Gasteiger partial charge in [0, 0.05) is 16.5 Å². The van der Waals surface area contributed by atoms with Crippen LogP contribution in [0.1, 0.15) is 23.3 Å². The molecule has 0 saturated carbocycles. The van der Waals surface area contributed by atoms with E-state index in [0.29, 0.717) is 12.0 Å². The van der Waals surface area contributed by atoms with Crippen molar-refractivity contribution >= 4 is 40.9 Å². The van der Waals surface area contributed by atoms with Gasteiger partial charge >= 0.3 is 5.97 Å². The fraction of sp³-hybridized carbons (Fsp3) is 0.318. The lowest BCUT2D eigenvalue weighted by molar-refractivity contribution is -0.142.